The molecule has 0 saturated carbocycles. The Morgan fingerprint density at radius 2 is 0.673 bits per heavy atom. The third-order valence-corrected chi connectivity index (χ3v) is 10.9. The second-order valence-electron chi connectivity index (χ2n) is 16.6. The molecular formula is C46H88O6. The lowest BCUT2D eigenvalue weighted by atomic mass is 9.99. The summed E-state index contributed by atoms with van der Waals surface area (Å²) < 4.78 is 16.7. The number of ether oxygens (including phenoxy) is 3. The normalized spacial score (nSPS) is 13.2. The quantitative estimate of drug-likeness (QED) is 0.0355. The van der Waals surface area contributed by atoms with Gasteiger partial charge in [0.25, 0.3) is 0 Å². The van der Waals surface area contributed by atoms with Gasteiger partial charge in [-0.1, -0.05) is 202 Å². The average Bonchev–Trinajstić information content (AvgIpc) is 3.12. The number of unbranched alkanes of at least 4 members (excludes halogenated alkanes) is 20. The topological polar surface area (TPSA) is 78.9 Å². The summed E-state index contributed by atoms with van der Waals surface area (Å²) in [5, 5.41) is 0. The Kier molecular flexibility index (Phi) is 36.6. The second kappa shape index (κ2) is 37.7. The average molecular weight is 737 g/mol. The van der Waals surface area contributed by atoms with E-state index in [0.717, 1.165) is 75.5 Å². The van der Waals surface area contributed by atoms with Crippen molar-refractivity contribution in [1.82, 2.24) is 0 Å². The zero-order valence-corrected chi connectivity index (χ0v) is 35.6. The van der Waals surface area contributed by atoms with E-state index in [4.69, 9.17) is 14.2 Å². The maximum absolute atomic E-state index is 12.7. The molecule has 0 bridgehead atoms. The van der Waals surface area contributed by atoms with Gasteiger partial charge in [-0.3, -0.25) is 14.4 Å². The minimum Gasteiger partial charge on any atom is -0.462 e. The minimum atomic E-state index is -0.762. The molecule has 3 atom stereocenters. The predicted molar refractivity (Wildman–Crippen MR) is 219 cm³/mol. The highest BCUT2D eigenvalue weighted by atomic mass is 16.6. The van der Waals surface area contributed by atoms with E-state index in [1.807, 2.05) is 0 Å². The number of esters is 3. The van der Waals surface area contributed by atoms with Crippen molar-refractivity contribution < 1.29 is 28.6 Å². The fourth-order valence-electron chi connectivity index (χ4n) is 6.64. The van der Waals surface area contributed by atoms with Crippen LogP contribution in [0.3, 0.4) is 0 Å². The molecule has 0 fully saturated rings. The number of rotatable bonds is 39. The van der Waals surface area contributed by atoms with Gasteiger partial charge in [0.2, 0.25) is 0 Å². The lowest BCUT2D eigenvalue weighted by Crippen LogP contribution is -2.30. The molecule has 0 aliphatic heterocycles. The summed E-state index contributed by atoms with van der Waals surface area (Å²) in [5.41, 5.74) is 0. The molecule has 6 nitrogen and oxygen atoms in total. The van der Waals surface area contributed by atoms with Crippen molar-refractivity contribution in [1.29, 1.82) is 0 Å². The molecule has 0 saturated heterocycles. The fraction of sp³-hybridized carbons (Fsp3) is 0.935. The molecule has 0 amide bonds. The zero-order chi connectivity index (χ0) is 38.5. The van der Waals surface area contributed by atoms with Crippen LogP contribution in [-0.4, -0.2) is 37.2 Å². The summed E-state index contributed by atoms with van der Waals surface area (Å²) in [6.45, 7) is 13.6. The van der Waals surface area contributed by atoms with Crippen LogP contribution in [-0.2, 0) is 28.6 Å². The Morgan fingerprint density at radius 3 is 1.00 bits per heavy atom. The molecule has 0 spiro atoms. The van der Waals surface area contributed by atoms with Gasteiger partial charge in [0.1, 0.15) is 13.2 Å². The molecular weight excluding hydrogens is 648 g/mol. The van der Waals surface area contributed by atoms with E-state index in [1.165, 1.54) is 122 Å². The summed E-state index contributed by atoms with van der Waals surface area (Å²) in [6.07, 6.45) is 33.7. The minimum absolute atomic E-state index is 0.0673. The molecule has 0 N–H and O–H groups in total. The van der Waals surface area contributed by atoms with E-state index in [-0.39, 0.29) is 31.1 Å². The highest BCUT2D eigenvalue weighted by Gasteiger charge is 2.19. The van der Waals surface area contributed by atoms with Gasteiger partial charge in [-0.2, -0.15) is 0 Å². The van der Waals surface area contributed by atoms with Crippen LogP contribution in [0.1, 0.15) is 241 Å². The van der Waals surface area contributed by atoms with Crippen molar-refractivity contribution in [2.75, 3.05) is 13.2 Å². The van der Waals surface area contributed by atoms with Gasteiger partial charge < -0.3 is 14.2 Å². The van der Waals surface area contributed by atoms with Crippen molar-refractivity contribution in [3.05, 3.63) is 0 Å². The monoisotopic (exact) mass is 737 g/mol. The van der Waals surface area contributed by atoms with Gasteiger partial charge in [-0.25, -0.2) is 0 Å². The van der Waals surface area contributed by atoms with E-state index in [0.29, 0.717) is 19.3 Å². The highest BCUT2D eigenvalue weighted by Crippen LogP contribution is 2.17. The van der Waals surface area contributed by atoms with Crippen LogP contribution in [0.2, 0.25) is 0 Å². The highest BCUT2D eigenvalue weighted by molar-refractivity contribution is 5.71. The van der Waals surface area contributed by atoms with E-state index >= 15 is 0 Å². The SMILES string of the molecule is CCC(C)CCCCCCCCCCC(=O)OC[C@@H](COC(=O)CCCCCCCCCCCC(C)C)OC(=O)CCCCCCCCC(C)CC. The summed E-state index contributed by atoms with van der Waals surface area (Å²) >= 11 is 0. The van der Waals surface area contributed by atoms with Gasteiger partial charge in [0.15, 0.2) is 6.10 Å². The molecule has 0 aromatic rings. The molecule has 0 aromatic carbocycles. The van der Waals surface area contributed by atoms with Gasteiger partial charge in [0, 0.05) is 19.3 Å². The lowest BCUT2D eigenvalue weighted by Gasteiger charge is -2.18. The summed E-state index contributed by atoms with van der Waals surface area (Å²) in [5.74, 6) is 1.60. The number of carbonyl (C=O) groups excluding carboxylic acids is 3. The van der Waals surface area contributed by atoms with Crippen molar-refractivity contribution in [2.24, 2.45) is 17.8 Å². The zero-order valence-electron chi connectivity index (χ0n) is 35.6. The first-order chi connectivity index (χ1) is 25.2. The fourth-order valence-corrected chi connectivity index (χ4v) is 6.64. The number of carbonyl (C=O) groups is 3. The third kappa shape index (κ3) is 36.8. The van der Waals surface area contributed by atoms with E-state index in [9.17, 15) is 14.4 Å². The smallest absolute Gasteiger partial charge is 0.306 e. The Balaban J connectivity index is 4.36. The Morgan fingerprint density at radius 1 is 0.385 bits per heavy atom. The van der Waals surface area contributed by atoms with Crippen molar-refractivity contribution in [3.8, 4) is 0 Å². The van der Waals surface area contributed by atoms with Crippen LogP contribution < -0.4 is 0 Å². The molecule has 52 heavy (non-hydrogen) atoms. The Bertz CT molecular complexity index is 811. The van der Waals surface area contributed by atoms with Crippen LogP contribution >= 0.6 is 0 Å². The van der Waals surface area contributed by atoms with Gasteiger partial charge in [0.05, 0.1) is 0 Å². The molecule has 308 valence electrons. The standard InChI is InChI=1S/C46H88O6/c1-7-41(5)33-27-21-15-12-13-17-24-30-36-45(48)51-39-43(52-46(49)37-31-25-19-18-22-28-34-42(6)8-2)38-50-44(47)35-29-23-16-11-9-10-14-20-26-32-40(3)4/h40-43H,7-39H2,1-6H3/t41?,42?,43-/m1/s1. The van der Waals surface area contributed by atoms with E-state index in [1.54, 1.807) is 0 Å². The Labute approximate surface area is 323 Å². The van der Waals surface area contributed by atoms with Crippen molar-refractivity contribution in [2.45, 2.75) is 247 Å². The third-order valence-electron chi connectivity index (χ3n) is 10.9. The summed E-state index contributed by atoms with van der Waals surface area (Å²) in [4.78, 5) is 37.7. The van der Waals surface area contributed by atoms with Crippen LogP contribution in [0.4, 0.5) is 0 Å². The van der Waals surface area contributed by atoms with Crippen LogP contribution in [0, 0.1) is 17.8 Å². The van der Waals surface area contributed by atoms with Gasteiger partial charge in [-0.15, -0.1) is 0 Å². The molecule has 0 aliphatic carbocycles. The van der Waals surface area contributed by atoms with Crippen molar-refractivity contribution in [3.63, 3.8) is 0 Å². The Hall–Kier alpha value is -1.59. The lowest BCUT2D eigenvalue weighted by molar-refractivity contribution is -0.167. The maximum Gasteiger partial charge on any atom is 0.306 e. The first-order valence-corrected chi connectivity index (χ1v) is 22.7. The van der Waals surface area contributed by atoms with Crippen LogP contribution in [0.15, 0.2) is 0 Å². The largest absolute Gasteiger partial charge is 0.462 e. The first-order valence-electron chi connectivity index (χ1n) is 22.7. The van der Waals surface area contributed by atoms with E-state index in [2.05, 4.69) is 41.5 Å². The molecule has 0 aliphatic rings. The summed E-state index contributed by atoms with van der Waals surface area (Å²) in [7, 11) is 0. The van der Waals surface area contributed by atoms with Gasteiger partial charge >= 0.3 is 17.9 Å². The van der Waals surface area contributed by atoms with E-state index < -0.39 is 6.10 Å². The predicted octanol–water partition coefficient (Wildman–Crippen LogP) is 14.0. The van der Waals surface area contributed by atoms with Crippen LogP contribution in [0.25, 0.3) is 0 Å². The maximum atomic E-state index is 12.7. The van der Waals surface area contributed by atoms with Crippen LogP contribution in [0.5, 0.6) is 0 Å². The second-order valence-corrected chi connectivity index (χ2v) is 16.6. The molecule has 2 unspecified atom stereocenters. The summed E-state index contributed by atoms with van der Waals surface area (Å²) in [6, 6.07) is 0. The molecule has 0 rings (SSSR count). The van der Waals surface area contributed by atoms with Gasteiger partial charge in [-0.05, 0) is 37.0 Å². The number of hydrogen-bond donors (Lipinski definition) is 0. The molecule has 0 radical (unpaired) electrons. The molecule has 0 heterocycles. The van der Waals surface area contributed by atoms with Crippen molar-refractivity contribution >= 4 is 17.9 Å². The molecule has 0 aromatic heterocycles. The molecule has 6 heteroatoms. The first kappa shape index (κ1) is 50.4. The number of hydrogen-bond acceptors (Lipinski definition) is 6.